The molecule has 0 aromatic carbocycles. The SMILES string of the molecule is OC1CC1.[KH]. The molecule has 0 aliphatic heterocycles. The summed E-state index contributed by atoms with van der Waals surface area (Å²) in [4.78, 5) is 0. The molecule has 5 heavy (non-hydrogen) atoms. The maximum atomic E-state index is 8.17. The van der Waals surface area contributed by atoms with E-state index in [0.717, 1.165) is 12.8 Å². The Morgan fingerprint density at radius 2 is 1.60 bits per heavy atom. The summed E-state index contributed by atoms with van der Waals surface area (Å²) < 4.78 is 0. The molecule has 0 radical (unpaired) electrons. The average Bonchev–Trinajstić information content (AvgIpc) is 1.75. The predicted molar refractivity (Wildman–Crippen MR) is 22.4 cm³/mol. The van der Waals surface area contributed by atoms with E-state index in [1.807, 2.05) is 0 Å². The first kappa shape index (κ1) is 6.60. The molecule has 0 aromatic heterocycles. The van der Waals surface area contributed by atoms with E-state index in [4.69, 9.17) is 5.11 Å². The Labute approximate surface area is 74.2 Å². The summed E-state index contributed by atoms with van der Waals surface area (Å²) in [7, 11) is 0. The first-order chi connectivity index (χ1) is 1.89. The van der Waals surface area contributed by atoms with Gasteiger partial charge in [-0.25, -0.2) is 0 Å². The molecule has 0 heterocycles. The van der Waals surface area contributed by atoms with Gasteiger partial charge in [0.25, 0.3) is 0 Å². The summed E-state index contributed by atoms with van der Waals surface area (Å²) in [6.45, 7) is 0. The van der Waals surface area contributed by atoms with Crippen molar-refractivity contribution in [3.8, 4) is 0 Å². The van der Waals surface area contributed by atoms with Crippen molar-refractivity contribution in [2.45, 2.75) is 18.9 Å². The molecule has 0 saturated heterocycles. The first-order valence-electron chi connectivity index (χ1n) is 1.57. The molecule has 0 bridgehead atoms. The number of rotatable bonds is 0. The fourth-order valence-electron chi connectivity index (χ4n) is 0.0745. The van der Waals surface area contributed by atoms with Crippen LogP contribution in [0, 0.1) is 0 Å². The van der Waals surface area contributed by atoms with Crippen LogP contribution in [-0.2, 0) is 0 Å². The van der Waals surface area contributed by atoms with Crippen LogP contribution in [0.25, 0.3) is 0 Å². The Hall–Kier alpha value is 1.60. The third-order valence-electron chi connectivity index (χ3n) is 0.547. The summed E-state index contributed by atoms with van der Waals surface area (Å²) in [6, 6.07) is 0. The second-order valence-electron chi connectivity index (χ2n) is 1.23. The molecule has 0 aromatic rings. The van der Waals surface area contributed by atoms with E-state index >= 15 is 0 Å². The molecule has 1 saturated carbocycles. The molecular weight excluding hydrogens is 91.1 g/mol. The van der Waals surface area contributed by atoms with Gasteiger partial charge in [-0.05, 0) is 12.8 Å². The van der Waals surface area contributed by atoms with Crippen LogP contribution in [0.4, 0.5) is 0 Å². The van der Waals surface area contributed by atoms with Gasteiger partial charge >= 0.3 is 51.4 Å². The summed E-state index contributed by atoms with van der Waals surface area (Å²) in [5, 5.41) is 8.17. The summed E-state index contributed by atoms with van der Waals surface area (Å²) in [5.74, 6) is 0. The molecule has 0 amide bonds. The van der Waals surface area contributed by atoms with Gasteiger partial charge in [-0.1, -0.05) is 0 Å². The van der Waals surface area contributed by atoms with Gasteiger partial charge in [0.15, 0.2) is 0 Å². The fourth-order valence-corrected chi connectivity index (χ4v) is 0.0745. The maximum absolute atomic E-state index is 8.17. The number of aliphatic hydroxyl groups excluding tert-OH is 1. The summed E-state index contributed by atoms with van der Waals surface area (Å²) >= 11 is 0. The number of hydrogen-bond donors (Lipinski definition) is 1. The molecule has 0 atom stereocenters. The van der Waals surface area contributed by atoms with E-state index in [1.54, 1.807) is 0 Å². The van der Waals surface area contributed by atoms with Crippen LogP contribution in [0.1, 0.15) is 12.8 Å². The zero-order valence-corrected chi connectivity index (χ0v) is 2.44. The predicted octanol–water partition coefficient (Wildman–Crippen LogP) is -0.507. The third kappa shape index (κ3) is 3.43. The van der Waals surface area contributed by atoms with Crippen LogP contribution >= 0.6 is 0 Å². The van der Waals surface area contributed by atoms with E-state index in [-0.39, 0.29) is 57.5 Å². The second-order valence-corrected chi connectivity index (χ2v) is 1.23. The van der Waals surface area contributed by atoms with Crippen molar-refractivity contribution in [2.75, 3.05) is 0 Å². The van der Waals surface area contributed by atoms with E-state index in [9.17, 15) is 0 Å². The van der Waals surface area contributed by atoms with E-state index < -0.39 is 0 Å². The minimum absolute atomic E-state index is 0. The van der Waals surface area contributed by atoms with Gasteiger partial charge in [-0.3, -0.25) is 0 Å². The van der Waals surface area contributed by atoms with Crippen LogP contribution in [0.5, 0.6) is 0 Å². The minimum atomic E-state index is 0. The molecule has 1 nitrogen and oxygen atoms in total. The molecule has 1 N–H and O–H groups in total. The molecular formula is C3H7KO. The topological polar surface area (TPSA) is 20.2 Å². The van der Waals surface area contributed by atoms with Crippen LogP contribution in [-0.4, -0.2) is 62.6 Å². The van der Waals surface area contributed by atoms with Crippen LogP contribution in [0.3, 0.4) is 0 Å². The Kier molecular flexibility index (Phi) is 3.58. The van der Waals surface area contributed by atoms with Crippen molar-refractivity contribution >= 4 is 51.4 Å². The van der Waals surface area contributed by atoms with Crippen LogP contribution in [0.15, 0.2) is 0 Å². The fraction of sp³-hybridized carbons (Fsp3) is 1.00. The van der Waals surface area contributed by atoms with Gasteiger partial charge in [0.05, 0.1) is 6.10 Å². The van der Waals surface area contributed by atoms with Crippen molar-refractivity contribution in [3.63, 3.8) is 0 Å². The average molecular weight is 98.2 g/mol. The number of aliphatic hydroxyl groups is 1. The van der Waals surface area contributed by atoms with E-state index in [1.165, 1.54) is 0 Å². The standard InChI is InChI=1S/C3H6O.K.H/c4-3-1-2-3;;/h3-4H,1-2H2;;. The van der Waals surface area contributed by atoms with Crippen molar-refractivity contribution in [3.05, 3.63) is 0 Å². The van der Waals surface area contributed by atoms with Gasteiger partial charge < -0.3 is 5.11 Å². The Morgan fingerprint density at radius 3 is 1.60 bits per heavy atom. The van der Waals surface area contributed by atoms with Crippen molar-refractivity contribution in [2.24, 2.45) is 0 Å². The molecule has 26 valence electrons. The van der Waals surface area contributed by atoms with E-state index in [0.29, 0.717) is 0 Å². The van der Waals surface area contributed by atoms with Gasteiger partial charge in [0.1, 0.15) is 0 Å². The Bertz CT molecular complexity index is 26.1. The summed E-state index contributed by atoms with van der Waals surface area (Å²) in [5.41, 5.74) is 0. The molecule has 1 aliphatic rings. The first-order valence-corrected chi connectivity index (χ1v) is 1.57. The third-order valence-corrected chi connectivity index (χ3v) is 0.547. The monoisotopic (exact) mass is 98.0 g/mol. The molecule has 1 rings (SSSR count). The number of hydrogen-bond acceptors (Lipinski definition) is 1. The Morgan fingerprint density at radius 1 is 1.40 bits per heavy atom. The molecule has 0 spiro atoms. The normalized spacial score (nSPS) is 21.0. The molecule has 1 fully saturated rings. The quantitative estimate of drug-likeness (QED) is 0.405. The summed E-state index contributed by atoms with van der Waals surface area (Å²) in [6.07, 6.45) is 2.17. The van der Waals surface area contributed by atoms with E-state index in [2.05, 4.69) is 0 Å². The zero-order chi connectivity index (χ0) is 2.99. The van der Waals surface area contributed by atoms with Gasteiger partial charge in [0.2, 0.25) is 0 Å². The second kappa shape index (κ2) is 2.72. The van der Waals surface area contributed by atoms with Crippen LogP contribution in [0.2, 0.25) is 0 Å². The molecule has 0 unspecified atom stereocenters. The van der Waals surface area contributed by atoms with Crippen molar-refractivity contribution in [1.29, 1.82) is 0 Å². The zero-order valence-electron chi connectivity index (χ0n) is 2.44. The van der Waals surface area contributed by atoms with Crippen molar-refractivity contribution in [1.82, 2.24) is 0 Å². The molecule has 2 heteroatoms. The van der Waals surface area contributed by atoms with Crippen molar-refractivity contribution < 1.29 is 5.11 Å². The van der Waals surface area contributed by atoms with Gasteiger partial charge in [0, 0.05) is 0 Å². The Balaban J connectivity index is 0.000000160. The molecule has 1 aliphatic carbocycles. The van der Waals surface area contributed by atoms with Crippen LogP contribution < -0.4 is 0 Å². The van der Waals surface area contributed by atoms with Gasteiger partial charge in [-0.15, -0.1) is 0 Å². The van der Waals surface area contributed by atoms with Gasteiger partial charge in [-0.2, -0.15) is 0 Å².